The van der Waals surface area contributed by atoms with E-state index >= 15 is 0 Å². The fourth-order valence-corrected chi connectivity index (χ4v) is 5.14. The van der Waals surface area contributed by atoms with Crippen LogP contribution in [0.15, 0.2) is 60.8 Å². The van der Waals surface area contributed by atoms with E-state index in [1.807, 2.05) is 12.2 Å². The quantitative estimate of drug-likeness (QED) is 0.0293. The number of ether oxygens (including phenoxy) is 3. The van der Waals surface area contributed by atoms with Crippen molar-refractivity contribution in [3.05, 3.63) is 60.8 Å². The van der Waals surface area contributed by atoms with Crippen molar-refractivity contribution in [2.24, 2.45) is 0 Å². The van der Waals surface area contributed by atoms with Crippen LogP contribution in [0.3, 0.4) is 0 Å². The van der Waals surface area contributed by atoms with Crippen LogP contribution in [0.4, 0.5) is 0 Å². The number of likely N-dealkylation sites (N-methyl/N-ethyl adjacent to an activating group) is 1. The Morgan fingerprint density at radius 2 is 1.16 bits per heavy atom. The summed E-state index contributed by atoms with van der Waals surface area (Å²) in [4.78, 5) is 36.6. The minimum Gasteiger partial charge on any atom is -0.544 e. The number of hydrogen-bond donors (Lipinski definition) is 0. The maximum Gasteiger partial charge on any atom is 0.306 e. The van der Waals surface area contributed by atoms with Gasteiger partial charge in [0.1, 0.15) is 12.6 Å². The van der Waals surface area contributed by atoms with E-state index in [0.29, 0.717) is 12.8 Å². The van der Waals surface area contributed by atoms with Gasteiger partial charge in [0.05, 0.1) is 40.3 Å². The van der Waals surface area contributed by atoms with E-state index in [0.717, 1.165) is 57.8 Å². The molecule has 0 aliphatic rings. The number of carbonyl (C=O) groups excluding carboxylic acids is 3. The molecule has 0 amide bonds. The Hall–Kier alpha value is -2.97. The Balaban J connectivity index is 4.55. The summed E-state index contributed by atoms with van der Waals surface area (Å²) in [5.74, 6) is -1.86. The molecule has 8 nitrogen and oxygen atoms in total. The number of rotatable bonds is 33. The van der Waals surface area contributed by atoms with Crippen molar-refractivity contribution in [3.8, 4) is 0 Å². The number of allylic oxidation sites excluding steroid dienone is 10. The van der Waals surface area contributed by atoms with Crippen molar-refractivity contribution in [1.29, 1.82) is 0 Å². The molecule has 50 heavy (non-hydrogen) atoms. The number of nitrogens with zero attached hydrogens (tertiary/aromatic N) is 1. The van der Waals surface area contributed by atoms with E-state index < -0.39 is 24.1 Å². The van der Waals surface area contributed by atoms with Gasteiger partial charge in [0.25, 0.3) is 0 Å². The van der Waals surface area contributed by atoms with Gasteiger partial charge in [-0.15, -0.1) is 0 Å². The number of carboxylic acids is 1. The zero-order valence-corrected chi connectivity index (χ0v) is 32.3. The number of carbonyl (C=O) groups is 3. The Labute approximate surface area is 305 Å². The first-order valence-corrected chi connectivity index (χ1v) is 19.3. The van der Waals surface area contributed by atoms with Crippen molar-refractivity contribution in [1.82, 2.24) is 0 Å². The first-order chi connectivity index (χ1) is 24.1. The molecule has 0 aromatic rings. The molecule has 0 N–H and O–H groups in total. The van der Waals surface area contributed by atoms with Gasteiger partial charge in [-0.25, -0.2) is 0 Å². The number of carboxylic acid groups (broad SMARTS) is 1. The lowest BCUT2D eigenvalue weighted by atomic mass is 10.1. The van der Waals surface area contributed by atoms with Gasteiger partial charge in [0, 0.05) is 19.3 Å². The summed E-state index contributed by atoms with van der Waals surface area (Å²) in [5, 5.41) is 11.6. The Kier molecular flexibility index (Phi) is 31.2. The molecule has 0 aliphatic carbocycles. The topological polar surface area (TPSA) is 102 Å². The highest BCUT2D eigenvalue weighted by Crippen LogP contribution is 2.11. The molecular weight excluding hydrogens is 630 g/mol. The van der Waals surface area contributed by atoms with E-state index in [1.165, 1.54) is 38.5 Å². The summed E-state index contributed by atoms with van der Waals surface area (Å²) < 4.78 is 17.0. The number of aliphatic carboxylic acids is 1. The molecule has 0 rings (SSSR count). The number of hydrogen-bond acceptors (Lipinski definition) is 7. The molecule has 0 radical (unpaired) electrons. The van der Waals surface area contributed by atoms with Gasteiger partial charge in [-0.2, -0.15) is 0 Å². The Morgan fingerprint density at radius 3 is 1.74 bits per heavy atom. The minimum absolute atomic E-state index is 0.00703. The molecule has 2 unspecified atom stereocenters. The zero-order chi connectivity index (χ0) is 37.1. The largest absolute Gasteiger partial charge is 0.544 e. The second-order valence-corrected chi connectivity index (χ2v) is 13.8. The molecule has 0 aliphatic heterocycles. The molecule has 0 aromatic heterocycles. The summed E-state index contributed by atoms with van der Waals surface area (Å²) in [7, 11) is 5.36. The first-order valence-electron chi connectivity index (χ1n) is 19.3. The van der Waals surface area contributed by atoms with Crippen molar-refractivity contribution >= 4 is 17.9 Å². The number of unbranched alkanes of at least 4 members (excludes halogenated alkanes) is 9. The van der Waals surface area contributed by atoms with Crippen LogP contribution < -0.4 is 5.11 Å². The van der Waals surface area contributed by atoms with Crippen LogP contribution in [-0.2, 0) is 28.6 Å². The summed E-state index contributed by atoms with van der Waals surface area (Å²) in [5.41, 5.74) is 0. The smallest absolute Gasteiger partial charge is 0.306 e. The third kappa shape index (κ3) is 31.0. The molecule has 0 saturated heterocycles. The molecule has 0 spiro atoms. The second kappa shape index (κ2) is 33.2. The van der Waals surface area contributed by atoms with Crippen LogP contribution in [0, 0.1) is 0 Å². The van der Waals surface area contributed by atoms with Crippen molar-refractivity contribution < 1.29 is 38.2 Å². The molecule has 286 valence electrons. The SMILES string of the molecule is CC/C=C\C/C=C\C/C=C\C/C=C\CCC(=O)OC(COCCC(C(=O)[O-])[N+](C)(C)C)COC(=O)CCCCCCC/C=C\CCCCCC. The maximum absolute atomic E-state index is 12.6. The van der Waals surface area contributed by atoms with Gasteiger partial charge >= 0.3 is 11.9 Å². The predicted octanol–water partition coefficient (Wildman–Crippen LogP) is 8.52. The third-order valence-corrected chi connectivity index (χ3v) is 8.15. The van der Waals surface area contributed by atoms with E-state index in [2.05, 4.69) is 62.5 Å². The second-order valence-electron chi connectivity index (χ2n) is 13.8. The highest BCUT2D eigenvalue weighted by molar-refractivity contribution is 5.70. The van der Waals surface area contributed by atoms with Gasteiger partial charge in [0.15, 0.2) is 6.10 Å². The number of esters is 2. The van der Waals surface area contributed by atoms with Crippen LogP contribution in [0.2, 0.25) is 0 Å². The molecule has 0 saturated carbocycles. The van der Waals surface area contributed by atoms with Crippen LogP contribution in [0.1, 0.15) is 136 Å². The first kappa shape index (κ1) is 47.0. The van der Waals surface area contributed by atoms with Crippen LogP contribution >= 0.6 is 0 Å². The summed E-state index contributed by atoms with van der Waals surface area (Å²) in [6.45, 7) is 4.41. The molecule has 8 heteroatoms. The molecule has 2 atom stereocenters. The van der Waals surface area contributed by atoms with E-state index in [-0.39, 0.29) is 43.1 Å². The molecular formula is C42H71NO7. The lowest BCUT2D eigenvalue weighted by Gasteiger charge is -2.34. The monoisotopic (exact) mass is 702 g/mol. The molecule has 0 fully saturated rings. The van der Waals surface area contributed by atoms with Crippen LogP contribution in [-0.4, -0.2) is 75.5 Å². The average Bonchev–Trinajstić information content (AvgIpc) is 3.06. The lowest BCUT2D eigenvalue weighted by molar-refractivity contribution is -0.889. The normalized spacial score (nSPS) is 13.7. The van der Waals surface area contributed by atoms with E-state index in [1.54, 1.807) is 21.1 Å². The van der Waals surface area contributed by atoms with Gasteiger partial charge in [-0.05, 0) is 64.2 Å². The molecule has 0 aromatic carbocycles. The van der Waals surface area contributed by atoms with E-state index in [4.69, 9.17) is 14.2 Å². The molecule has 0 bridgehead atoms. The van der Waals surface area contributed by atoms with Gasteiger partial charge in [-0.1, -0.05) is 113 Å². The maximum atomic E-state index is 12.6. The Bertz CT molecular complexity index is 1010. The van der Waals surface area contributed by atoms with Gasteiger partial charge < -0.3 is 28.6 Å². The average molecular weight is 702 g/mol. The lowest BCUT2D eigenvalue weighted by Crippen LogP contribution is -2.55. The van der Waals surface area contributed by atoms with Crippen molar-refractivity contribution in [3.63, 3.8) is 0 Å². The van der Waals surface area contributed by atoms with Crippen LogP contribution in [0.25, 0.3) is 0 Å². The highest BCUT2D eigenvalue weighted by Gasteiger charge is 2.25. The number of quaternary nitrogens is 1. The zero-order valence-electron chi connectivity index (χ0n) is 32.3. The standard InChI is InChI=1S/C42H71NO7/c1-6-8-10-12-14-16-18-20-22-24-26-28-30-32-40(44)49-37-38(36-48-35-34-39(42(46)47)43(3,4)5)50-41(45)33-31-29-27-25-23-21-19-17-15-13-11-9-7-2/h9,11,15-18,21,23,27,29,38-39H,6-8,10,12-14,19-20,22,24-26,28,30-37H2,1-5H3/b11-9-,17-15-,18-16-,23-21-,29-27-. The Morgan fingerprint density at radius 1 is 0.620 bits per heavy atom. The fraction of sp³-hybridized carbons (Fsp3) is 0.690. The third-order valence-electron chi connectivity index (χ3n) is 8.15. The van der Waals surface area contributed by atoms with Crippen LogP contribution in [0.5, 0.6) is 0 Å². The van der Waals surface area contributed by atoms with Crippen molar-refractivity contribution in [2.45, 2.75) is 148 Å². The summed E-state index contributed by atoms with van der Waals surface area (Å²) in [6.07, 6.45) is 38.3. The predicted molar refractivity (Wildman–Crippen MR) is 203 cm³/mol. The van der Waals surface area contributed by atoms with Gasteiger partial charge in [-0.3, -0.25) is 9.59 Å². The minimum atomic E-state index is -1.14. The van der Waals surface area contributed by atoms with Crippen molar-refractivity contribution in [2.75, 3.05) is 41.0 Å². The summed E-state index contributed by atoms with van der Waals surface area (Å²) in [6, 6.07) is -0.739. The van der Waals surface area contributed by atoms with Gasteiger partial charge in [0.2, 0.25) is 0 Å². The molecule has 0 heterocycles. The fourth-order valence-electron chi connectivity index (χ4n) is 5.14. The highest BCUT2D eigenvalue weighted by atomic mass is 16.6. The summed E-state index contributed by atoms with van der Waals surface area (Å²) >= 11 is 0. The van der Waals surface area contributed by atoms with E-state index in [9.17, 15) is 19.5 Å².